The van der Waals surface area contributed by atoms with Crippen LogP contribution in [-0.4, -0.2) is 13.0 Å². The third-order valence-corrected chi connectivity index (χ3v) is 4.15. The van der Waals surface area contributed by atoms with Crippen LogP contribution in [0.3, 0.4) is 0 Å². The van der Waals surface area contributed by atoms with E-state index in [1.54, 1.807) is 19.2 Å². The Labute approximate surface area is 148 Å². The van der Waals surface area contributed by atoms with Gasteiger partial charge in [-0.3, -0.25) is 4.79 Å². The molecule has 0 radical (unpaired) electrons. The van der Waals surface area contributed by atoms with Gasteiger partial charge in [0.05, 0.1) is 13.2 Å². The maximum absolute atomic E-state index is 12.8. The minimum Gasteiger partial charge on any atom is -0.497 e. The fourth-order valence-corrected chi connectivity index (χ4v) is 2.74. The summed E-state index contributed by atoms with van der Waals surface area (Å²) in [6.45, 7) is 2.05. The Kier molecular flexibility index (Phi) is 5.14. The molecule has 0 fully saturated rings. The van der Waals surface area contributed by atoms with Gasteiger partial charge in [0.1, 0.15) is 5.75 Å². The number of carbonyl (C=O) groups is 1. The summed E-state index contributed by atoms with van der Waals surface area (Å²) in [6, 6.07) is 25.2. The van der Waals surface area contributed by atoms with E-state index in [-0.39, 0.29) is 11.9 Å². The Morgan fingerprint density at radius 1 is 0.880 bits per heavy atom. The summed E-state index contributed by atoms with van der Waals surface area (Å²) in [5.41, 5.74) is 3.86. The normalized spacial score (nSPS) is 11.6. The molecule has 0 aromatic heterocycles. The lowest BCUT2D eigenvalue weighted by atomic mass is 9.97. The minimum atomic E-state index is -0.208. The van der Waals surface area contributed by atoms with Crippen molar-refractivity contribution in [2.24, 2.45) is 0 Å². The molecule has 0 saturated carbocycles. The molecule has 0 spiro atoms. The Morgan fingerprint density at radius 2 is 1.56 bits per heavy atom. The van der Waals surface area contributed by atoms with Crippen molar-refractivity contribution in [3.63, 3.8) is 0 Å². The molecule has 3 aromatic rings. The molecular formula is C22H21NO2. The van der Waals surface area contributed by atoms with Crippen molar-refractivity contribution in [3.05, 3.63) is 101 Å². The fraction of sp³-hybridized carbons (Fsp3) is 0.136. The van der Waals surface area contributed by atoms with Crippen molar-refractivity contribution in [3.8, 4) is 5.75 Å². The van der Waals surface area contributed by atoms with E-state index in [0.29, 0.717) is 11.3 Å². The van der Waals surface area contributed by atoms with Gasteiger partial charge in [0, 0.05) is 5.56 Å². The molecule has 3 aromatic carbocycles. The summed E-state index contributed by atoms with van der Waals surface area (Å²) in [5, 5.41) is 3.14. The average Bonchev–Trinajstić information content (AvgIpc) is 2.67. The molecule has 0 saturated heterocycles. The van der Waals surface area contributed by atoms with Crippen molar-refractivity contribution >= 4 is 5.91 Å². The molecule has 126 valence electrons. The predicted molar refractivity (Wildman–Crippen MR) is 99.9 cm³/mol. The lowest BCUT2D eigenvalue weighted by molar-refractivity contribution is 0.0942. The lowest BCUT2D eigenvalue weighted by Gasteiger charge is -2.20. The van der Waals surface area contributed by atoms with E-state index in [1.807, 2.05) is 42.5 Å². The van der Waals surface area contributed by atoms with Crippen LogP contribution in [0.2, 0.25) is 0 Å². The van der Waals surface area contributed by atoms with E-state index in [2.05, 4.69) is 36.5 Å². The number of amides is 1. The molecule has 0 bridgehead atoms. The zero-order valence-electron chi connectivity index (χ0n) is 14.4. The van der Waals surface area contributed by atoms with Gasteiger partial charge < -0.3 is 10.1 Å². The number of ether oxygens (including phenoxy) is 1. The molecule has 25 heavy (non-hydrogen) atoms. The first-order valence-corrected chi connectivity index (χ1v) is 8.24. The molecule has 3 rings (SSSR count). The second-order valence-corrected chi connectivity index (χ2v) is 5.96. The zero-order chi connectivity index (χ0) is 17.6. The number of aryl methyl sites for hydroxylation is 1. The Hall–Kier alpha value is -3.07. The van der Waals surface area contributed by atoms with Gasteiger partial charge in [0.25, 0.3) is 5.91 Å². The highest BCUT2D eigenvalue weighted by atomic mass is 16.5. The summed E-state index contributed by atoms with van der Waals surface area (Å²) in [6.07, 6.45) is 0. The van der Waals surface area contributed by atoms with E-state index < -0.39 is 0 Å². The van der Waals surface area contributed by atoms with Crippen LogP contribution < -0.4 is 10.1 Å². The first-order chi connectivity index (χ1) is 12.2. The van der Waals surface area contributed by atoms with E-state index in [4.69, 9.17) is 4.74 Å². The van der Waals surface area contributed by atoms with Crippen LogP contribution in [-0.2, 0) is 0 Å². The Balaban J connectivity index is 1.92. The van der Waals surface area contributed by atoms with Gasteiger partial charge in [-0.2, -0.15) is 0 Å². The number of hydrogen-bond acceptors (Lipinski definition) is 2. The Bertz CT molecular complexity index is 841. The monoisotopic (exact) mass is 331 g/mol. The van der Waals surface area contributed by atoms with Crippen LogP contribution >= 0.6 is 0 Å². The molecule has 1 N–H and O–H groups in total. The molecule has 0 heterocycles. The maximum Gasteiger partial charge on any atom is 0.252 e. The highest BCUT2D eigenvalue weighted by molar-refractivity contribution is 5.95. The highest BCUT2D eigenvalue weighted by Crippen LogP contribution is 2.23. The largest absolute Gasteiger partial charge is 0.497 e. The molecular weight excluding hydrogens is 310 g/mol. The van der Waals surface area contributed by atoms with Gasteiger partial charge in [-0.1, -0.05) is 66.2 Å². The highest BCUT2D eigenvalue weighted by Gasteiger charge is 2.18. The molecule has 1 atom stereocenters. The first-order valence-electron chi connectivity index (χ1n) is 8.24. The van der Waals surface area contributed by atoms with Gasteiger partial charge in [0.15, 0.2) is 0 Å². The van der Waals surface area contributed by atoms with Crippen LogP contribution in [0.1, 0.15) is 33.1 Å². The zero-order valence-corrected chi connectivity index (χ0v) is 14.4. The number of carbonyl (C=O) groups excluding carboxylic acids is 1. The molecule has 0 aliphatic carbocycles. The van der Waals surface area contributed by atoms with Crippen LogP contribution in [0.5, 0.6) is 5.75 Å². The molecule has 0 aliphatic rings. The molecule has 0 aliphatic heterocycles. The van der Waals surface area contributed by atoms with Crippen LogP contribution in [0.15, 0.2) is 78.9 Å². The molecule has 3 nitrogen and oxygen atoms in total. The van der Waals surface area contributed by atoms with E-state index >= 15 is 0 Å². The maximum atomic E-state index is 12.8. The predicted octanol–water partition coefficient (Wildman–Crippen LogP) is 4.52. The Morgan fingerprint density at radius 3 is 2.24 bits per heavy atom. The van der Waals surface area contributed by atoms with E-state index in [1.165, 1.54) is 5.56 Å². The van der Waals surface area contributed by atoms with Crippen LogP contribution in [0.4, 0.5) is 0 Å². The van der Waals surface area contributed by atoms with Crippen molar-refractivity contribution in [1.82, 2.24) is 5.32 Å². The third-order valence-electron chi connectivity index (χ3n) is 4.15. The summed E-state index contributed by atoms with van der Waals surface area (Å²) in [5.74, 6) is 0.535. The molecule has 3 heteroatoms. The summed E-state index contributed by atoms with van der Waals surface area (Å²) in [7, 11) is 1.59. The van der Waals surface area contributed by atoms with Crippen LogP contribution in [0, 0.1) is 6.92 Å². The smallest absolute Gasteiger partial charge is 0.252 e. The minimum absolute atomic E-state index is 0.131. The average molecular weight is 331 g/mol. The first kappa shape index (κ1) is 16.8. The van der Waals surface area contributed by atoms with Crippen molar-refractivity contribution in [2.75, 3.05) is 7.11 Å². The fourth-order valence-electron chi connectivity index (χ4n) is 2.74. The van der Waals surface area contributed by atoms with Crippen molar-refractivity contribution in [2.45, 2.75) is 13.0 Å². The van der Waals surface area contributed by atoms with Gasteiger partial charge in [-0.25, -0.2) is 0 Å². The number of rotatable bonds is 5. The lowest BCUT2D eigenvalue weighted by Crippen LogP contribution is -2.29. The number of nitrogens with one attached hydrogen (secondary N) is 1. The second-order valence-electron chi connectivity index (χ2n) is 5.96. The van der Waals surface area contributed by atoms with Crippen molar-refractivity contribution < 1.29 is 9.53 Å². The SMILES string of the molecule is COc1cccc(C(=O)NC(c2ccccc2)c2ccc(C)cc2)c1. The number of methoxy groups -OCH3 is 1. The quantitative estimate of drug-likeness (QED) is 0.746. The van der Waals surface area contributed by atoms with E-state index in [0.717, 1.165) is 11.1 Å². The summed E-state index contributed by atoms with van der Waals surface area (Å²) < 4.78 is 5.21. The third kappa shape index (κ3) is 4.07. The number of benzene rings is 3. The topological polar surface area (TPSA) is 38.3 Å². The molecule has 1 unspecified atom stereocenters. The van der Waals surface area contributed by atoms with Crippen molar-refractivity contribution in [1.29, 1.82) is 0 Å². The van der Waals surface area contributed by atoms with Gasteiger partial charge in [-0.05, 0) is 36.2 Å². The van der Waals surface area contributed by atoms with Gasteiger partial charge in [-0.15, -0.1) is 0 Å². The van der Waals surface area contributed by atoms with E-state index in [9.17, 15) is 4.79 Å². The standard InChI is InChI=1S/C22H21NO2/c1-16-11-13-18(14-12-16)21(17-7-4-3-5-8-17)23-22(24)19-9-6-10-20(15-19)25-2/h3-15,21H,1-2H3,(H,23,24). The van der Waals surface area contributed by atoms with Gasteiger partial charge in [0.2, 0.25) is 0 Å². The molecule has 1 amide bonds. The summed E-state index contributed by atoms with van der Waals surface area (Å²) in [4.78, 5) is 12.8. The van der Waals surface area contributed by atoms with Gasteiger partial charge >= 0.3 is 0 Å². The van der Waals surface area contributed by atoms with Crippen LogP contribution in [0.25, 0.3) is 0 Å². The number of hydrogen-bond donors (Lipinski definition) is 1. The second kappa shape index (κ2) is 7.67. The summed E-state index contributed by atoms with van der Waals surface area (Å²) >= 11 is 0.